The van der Waals surface area contributed by atoms with E-state index >= 15 is 0 Å². The van der Waals surface area contributed by atoms with Crippen molar-refractivity contribution in [3.63, 3.8) is 0 Å². The van der Waals surface area contributed by atoms with Gasteiger partial charge in [0.15, 0.2) is 10.8 Å². The van der Waals surface area contributed by atoms with Crippen LogP contribution in [-0.2, 0) is 11.2 Å². The molecule has 0 aliphatic carbocycles. The molecule has 0 spiro atoms. The van der Waals surface area contributed by atoms with E-state index in [2.05, 4.69) is 29.4 Å². The van der Waals surface area contributed by atoms with Crippen LogP contribution in [0.1, 0.15) is 29.9 Å². The number of thiazole rings is 1. The zero-order chi connectivity index (χ0) is 13.7. The molecule has 0 aliphatic rings. The van der Waals surface area contributed by atoms with Crippen LogP contribution in [0.2, 0.25) is 0 Å². The molecule has 0 saturated carbocycles. The Bertz CT molecular complexity index is 566. The standard InChI is InChI=1S/C14H16N2O2S/c1-3-10-6-5-7-11(8-10)15-14-16-12(9-19-14)13(17)18-4-2/h5-9H,3-4H2,1-2H3,(H,15,16). The predicted octanol–water partition coefficient (Wildman–Crippen LogP) is 3.63. The second-order valence-corrected chi connectivity index (χ2v) is 4.80. The molecule has 0 saturated heterocycles. The first kappa shape index (κ1) is 13.5. The van der Waals surface area contributed by atoms with Crippen molar-refractivity contribution in [3.8, 4) is 0 Å². The van der Waals surface area contributed by atoms with Crippen LogP contribution >= 0.6 is 11.3 Å². The quantitative estimate of drug-likeness (QED) is 0.847. The smallest absolute Gasteiger partial charge is 0.357 e. The minimum atomic E-state index is -0.380. The van der Waals surface area contributed by atoms with E-state index in [1.165, 1.54) is 16.9 Å². The molecule has 4 nitrogen and oxygen atoms in total. The van der Waals surface area contributed by atoms with E-state index in [1.807, 2.05) is 12.1 Å². The number of carbonyl (C=O) groups is 1. The summed E-state index contributed by atoms with van der Waals surface area (Å²) in [6.07, 6.45) is 0.988. The summed E-state index contributed by atoms with van der Waals surface area (Å²) in [7, 11) is 0. The van der Waals surface area contributed by atoms with Gasteiger partial charge in [-0.1, -0.05) is 19.1 Å². The first-order chi connectivity index (χ1) is 9.22. The molecule has 1 heterocycles. The van der Waals surface area contributed by atoms with E-state index in [1.54, 1.807) is 12.3 Å². The molecule has 1 N–H and O–H groups in total. The zero-order valence-electron chi connectivity index (χ0n) is 11.0. The zero-order valence-corrected chi connectivity index (χ0v) is 11.8. The number of esters is 1. The fraction of sp³-hybridized carbons (Fsp3) is 0.286. The van der Waals surface area contributed by atoms with E-state index in [9.17, 15) is 4.79 Å². The van der Waals surface area contributed by atoms with Gasteiger partial charge < -0.3 is 10.1 Å². The number of anilines is 2. The molecule has 0 bridgehead atoms. The number of carbonyl (C=O) groups excluding carboxylic acids is 1. The van der Waals surface area contributed by atoms with Gasteiger partial charge in [-0.25, -0.2) is 9.78 Å². The fourth-order valence-corrected chi connectivity index (χ4v) is 2.32. The third-order valence-corrected chi connectivity index (χ3v) is 3.33. The Morgan fingerprint density at radius 3 is 3.00 bits per heavy atom. The van der Waals surface area contributed by atoms with Crippen LogP contribution in [0.5, 0.6) is 0 Å². The van der Waals surface area contributed by atoms with Gasteiger partial charge in [0, 0.05) is 11.1 Å². The molecular weight excluding hydrogens is 260 g/mol. The Hall–Kier alpha value is -1.88. The topological polar surface area (TPSA) is 51.2 Å². The monoisotopic (exact) mass is 276 g/mol. The highest BCUT2D eigenvalue weighted by Crippen LogP contribution is 2.22. The van der Waals surface area contributed by atoms with Crippen molar-refractivity contribution in [1.29, 1.82) is 0 Å². The fourth-order valence-electron chi connectivity index (χ4n) is 1.62. The highest BCUT2D eigenvalue weighted by molar-refractivity contribution is 7.14. The normalized spacial score (nSPS) is 10.2. The highest BCUT2D eigenvalue weighted by atomic mass is 32.1. The van der Waals surface area contributed by atoms with Gasteiger partial charge in [0.05, 0.1) is 6.61 Å². The Labute approximate surface area is 116 Å². The van der Waals surface area contributed by atoms with Crippen LogP contribution < -0.4 is 5.32 Å². The van der Waals surface area contributed by atoms with Gasteiger partial charge in [-0.15, -0.1) is 11.3 Å². The third-order valence-electron chi connectivity index (χ3n) is 2.58. The lowest BCUT2D eigenvalue weighted by molar-refractivity contribution is 0.0520. The summed E-state index contributed by atoms with van der Waals surface area (Å²) in [6.45, 7) is 4.25. The van der Waals surface area contributed by atoms with Crippen LogP contribution in [-0.4, -0.2) is 17.6 Å². The van der Waals surface area contributed by atoms with Crippen molar-refractivity contribution in [2.24, 2.45) is 0 Å². The average Bonchev–Trinajstić information content (AvgIpc) is 2.88. The van der Waals surface area contributed by atoms with Crippen molar-refractivity contribution in [3.05, 3.63) is 40.9 Å². The van der Waals surface area contributed by atoms with E-state index in [-0.39, 0.29) is 5.97 Å². The van der Waals surface area contributed by atoms with Crippen molar-refractivity contribution in [2.75, 3.05) is 11.9 Å². The van der Waals surface area contributed by atoms with E-state index in [0.29, 0.717) is 17.4 Å². The van der Waals surface area contributed by atoms with Crippen LogP contribution in [0.3, 0.4) is 0 Å². The van der Waals surface area contributed by atoms with Gasteiger partial charge in [-0.3, -0.25) is 0 Å². The largest absolute Gasteiger partial charge is 0.461 e. The molecule has 100 valence electrons. The van der Waals surface area contributed by atoms with Gasteiger partial charge in [0.2, 0.25) is 0 Å². The Kier molecular flexibility index (Phi) is 4.52. The van der Waals surface area contributed by atoms with Crippen molar-refractivity contribution >= 4 is 28.1 Å². The molecular formula is C14H16N2O2S. The number of rotatable bonds is 5. The Morgan fingerprint density at radius 2 is 2.26 bits per heavy atom. The molecule has 0 unspecified atom stereocenters. The highest BCUT2D eigenvalue weighted by Gasteiger charge is 2.11. The maximum absolute atomic E-state index is 11.5. The summed E-state index contributed by atoms with van der Waals surface area (Å²) in [5.74, 6) is -0.380. The van der Waals surface area contributed by atoms with Gasteiger partial charge in [0.25, 0.3) is 0 Å². The number of ether oxygens (including phenoxy) is 1. The lowest BCUT2D eigenvalue weighted by atomic mass is 10.1. The van der Waals surface area contributed by atoms with Crippen molar-refractivity contribution < 1.29 is 9.53 Å². The number of hydrogen-bond acceptors (Lipinski definition) is 5. The summed E-state index contributed by atoms with van der Waals surface area (Å²) in [5.41, 5.74) is 2.58. The molecule has 0 atom stereocenters. The number of benzene rings is 1. The van der Waals surface area contributed by atoms with Crippen LogP contribution in [0.15, 0.2) is 29.6 Å². The maximum atomic E-state index is 11.5. The Balaban J connectivity index is 2.09. The third kappa shape index (κ3) is 3.54. The summed E-state index contributed by atoms with van der Waals surface area (Å²) in [6, 6.07) is 8.13. The number of nitrogens with one attached hydrogen (secondary N) is 1. The molecule has 1 aromatic carbocycles. The number of aromatic nitrogens is 1. The number of nitrogens with zero attached hydrogens (tertiary/aromatic N) is 1. The number of hydrogen-bond donors (Lipinski definition) is 1. The van der Waals surface area contributed by atoms with E-state index < -0.39 is 0 Å². The molecule has 2 aromatic rings. The predicted molar refractivity (Wildman–Crippen MR) is 77.2 cm³/mol. The Morgan fingerprint density at radius 1 is 1.42 bits per heavy atom. The molecule has 0 radical (unpaired) electrons. The summed E-state index contributed by atoms with van der Waals surface area (Å²) < 4.78 is 4.91. The number of aryl methyl sites for hydroxylation is 1. The minimum Gasteiger partial charge on any atom is -0.461 e. The molecule has 1 aromatic heterocycles. The second kappa shape index (κ2) is 6.33. The van der Waals surface area contributed by atoms with Crippen LogP contribution in [0, 0.1) is 0 Å². The van der Waals surface area contributed by atoms with Crippen molar-refractivity contribution in [2.45, 2.75) is 20.3 Å². The molecule has 19 heavy (non-hydrogen) atoms. The molecule has 0 fully saturated rings. The van der Waals surface area contributed by atoms with Crippen LogP contribution in [0.25, 0.3) is 0 Å². The summed E-state index contributed by atoms with van der Waals surface area (Å²) >= 11 is 1.39. The molecule has 5 heteroatoms. The van der Waals surface area contributed by atoms with E-state index in [0.717, 1.165) is 12.1 Å². The SMILES string of the molecule is CCOC(=O)c1csc(Nc2cccc(CC)c2)n1. The first-order valence-corrected chi connectivity index (χ1v) is 7.09. The molecule has 0 amide bonds. The molecule has 2 rings (SSSR count). The van der Waals surface area contributed by atoms with Gasteiger partial charge in [-0.2, -0.15) is 0 Å². The van der Waals surface area contributed by atoms with Gasteiger partial charge in [-0.05, 0) is 31.0 Å². The van der Waals surface area contributed by atoms with E-state index in [4.69, 9.17) is 4.74 Å². The first-order valence-electron chi connectivity index (χ1n) is 6.21. The summed E-state index contributed by atoms with van der Waals surface area (Å²) in [5, 5.41) is 5.59. The lowest BCUT2D eigenvalue weighted by Crippen LogP contribution is -2.05. The minimum absolute atomic E-state index is 0.348. The van der Waals surface area contributed by atoms with Gasteiger partial charge in [0.1, 0.15) is 0 Å². The summed E-state index contributed by atoms with van der Waals surface area (Å²) in [4.78, 5) is 15.7. The maximum Gasteiger partial charge on any atom is 0.357 e. The van der Waals surface area contributed by atoms with Crippen molar-refractivity contribution in [1.82, 2.24) is 4.98 Å². The van der Waals surface area contributed by atoms with Gasteiger partial charge >= 0.3 is 5.97 Å². The molecule has 0 aliphatic heterocycles. The second-order valence-electron chi connectivity index (χ2n) is 3.94. The average molecular weight is 276 g/mol. The van der Waals surface area contributed by atoms with Crippen LogP contribution in [0.4, 0.5) is 10.8 Å². The lowest BCUT2D eigenvalue weighted by Gasteiger charge is -2.04.